The predicted molar refractivity (Wildman–Crippen MR) is 54.1 cm³/mol. The van der Waals surface area contributed by atoms with Crippen LogP contribution in [-0.2, 0) is 0 Å². The highest BCUT2D eigenvalue weighted by Crippen LogP contribution is 2.25. The van der Waals surface area contributed by atoms with Crippen molar-refractivity contribution in [2.45, 2.75) is 6.04 Å². The third kappa shape index (κ3) is 2.27. The minimum absolute atomic E-state index is 0.226. The summed E-state index contributed by atoms with van der Waals surface area (Å²) >= 11 is 17.2. The van der Waals surface area contributed by atoms with Crippen LogP contribution in [0.3, 0.4) is 0 Å². The summed E-state index contributed by atoms with van der Waals surface area (Å²) in [6.07, 6.45) is 0. The molecule has 0 fully saturated rings. The SMILES string of the molecule is NC(CCl)c1ccc(Cl)cc1Cl. The zero-order chi connectivity index (χ0) is 9.14. The first kappa shape index (κ1) is 10.1. The van der Waals surface area contributed by atoms with E-state index in [1.165, 1.54) is 0 Å². The molecular weight excluding hydrogens is 216 g/mol. The Labute approximate surface area is 86.4 Å². The van der Waals surface area contributed by atoms with Gasteiger partial charge in [0.1, 0.15) is 0 Å². The van der Waals surface area contributed by atoms with Gasteiger partial charge < -0.3 is 5.73 Å². The first-order valence-electron chi connectivity index (χ1n) is 3.41. The maximum Gasteiger partial charge on any atom is 0.0468 e. The lowest BCUT2D eigenvalue weighted by atomic mass is 10.1. The van der Waals surface area contributed by atoms with Gasteiger partial charge in [0.25, 0.3) is 0 Å². The molecule has 1 aromatic rings. The highest BCUT2D eigenvalue weighted by molar-refractivity contribution is 6.35. The van der Waals surface area contributed by atoms with Gasteiger partial charge in [-0.05, 0) is 17.7 Å². The maximum atomic E-state index is 5.88. The fourth-order valence-electron chi connectivity index (χ4n) is 0.885. The van der Waals surface area contributed by atoms with Gasteiger partial charge in [-0.25, -0.2) is 0 Å². The molecule has 0 bridgehead atoms. The number of alkyl halides is 1. The number of hydrogen-bond acceptors (Lipinski definition) is 1. The van der Waals surface area contributed by atoms with Gasteiger partial charge in [-0.1, -0.05) is 29.3 Å². The summed E-state index contributed by atoms with van der Waals surface area (Å²) < 4.78 is 0. The van der Waals surface area contributed by atoms with Crippen LogP contribution in [0.15, 0.2) is 18.2 Å². The first-order valence-corrected chi connectivity index (χ1v) is 4.70. The largest absolute Gasteiger partial charge is 0.323 e. The number of nitrogens with two attached hydrogens (primary N) is 1. The molecule has 2 N–H and O–H groups in total. The highest BCUT2D eigenvalue weighted by atomic mass is 35.5. The molecule has 0 amide bonds. The fraction of sp³-hybridized carbons (Fsp3) is 0.250. The standard InChI is InChI=1S/C8H8Cl3N/c9-4-8(12)6-2-1-5(10)3-7(6)11/h1-3,8H,4,12H2. The van der Waals surface area contributed by atoms with Crippen molar-refractivity contribution >= 4 is 34.8 Å². The smallest absolute Gasteiger partial charge is 0.0468 e. The van der Waals surface area contributed by atoms with E-state index in [1.54, 1.807) is 18.2 Å². The Balaban J connectivity index is 3.01. The van der Waals surface area contributed by atoms with Crippen LogP contribution in [-0.4, -0.2) is 5.88 Å². The molecule has 0 heterocycles. The van der Waals surface area contributed by atoms with E-state index in [4.69, 9.17) is 40.5 Å². The molecule has 1 atom stereocenters. The molecule has 1 unspecified atom stereocenters. The van der Waals surface area contributed by atoms with E-state index in [0.717, 1.165) is 5.56 Å². The highest BCUT2D eigenvalue weighted by Gasteiger charge is 2.08. The minimum atomic E-state index is -0.226. The first-order chi connectivity index (χ1) is 5.65. The van der Waals surface area contributed by atoms with Crippen molar-refractivity contribution in [3.8, 4) is 0 Å². The van der Waals surface area contributed by atoms with Crippen molar-refractivity contribution in [1.29, 1.82) is 0 Å². The summed E-state index contributed by atoms with van der Waals surface area (Å²) in [4.78, 5) is 0. The fourth-order valence-corrected chi connectivity index (χ4v) is 1.60. The van der Waals surface area contributed by atoms with Crippen LogP contribution in [0.2, 0.25) is 10.0 Å². The zero-order valence-electron chi connectivity index (χ0n) is 6.23. The normalized spacial score (nSPS) is 13.0. The van der Waals surface area contributed by atoms with Gasteiger partial charge in [0.05, 0.1) is 0 Å². The van der Waals surface area contributed by atoms with E-state index in [2.05, 4.69) is 0 Å². The molecule has 1 nitrogen and oxygen atoms in total. The molecule has 0 aliphatic heterocycles. The monoisotopic (exact) mass is 223 g/mol. The second-order valence-electron chi connectivity index (χ2n) is 2.43. The summed E-state index contributed by atoms with van der Waals surface area (Å²) in [6, 6.07) is 4.97. The summed E-state index contributed by atoms with van der Waals surface area (Å²) in [5, 5.41) is 1.17. The molecule has 0 aliphatic carbocycles. The van der Waals surface area contributed by atoms with E-state index < -0.39 is 0 Å². The molecule has 0 saturated carbocycles. The van der Waals surface area contributed by atoms with Crippen molar-refractivity contribution in [1.82, 2.24) is 0 Å². The van der Waals surface area contributed by atoms with Gasteiger partial charge >= 0.3 is 0 Å². The summed E-state index contributed by atoms with van der Waals surface area (Å²) in [5.41, 5.74) is 6.52. The number of hydrogen-bond donors (Lipinski definition) is 1. The van der Waals surface area contributed by atoms with E-state index in [0.29, 0.717) is 15.9 Å². The van der Waals surface area contributed by atoms with Gasteiger partial charge in [0.15, 0.2) is 0 Å². The van der Waals surface area contributed by atoms with Crippen molar-refractivity contribution in [2.75, 3.05) is 5.88 Å². The van der Waals surface area contributed by atoms with Crippen molar-refractivity contribution in [3.05, 3.63) is 33.8 Å². The average Bonchev–Trinajstić information content (AvgIpc) is 2.03. The number of benzene rings is 1. The quantitative estimate of drug-likeness (QED) is 0.767. The Morgan fingerprint density at radius 3 is 2.50 bits per heavy atom. The zero-order valence-corrected chi connectivity index (χ0v) is 8.50. The second-order valence-corrected chi connectivity index (χ2v) is 3.58. The molecule has 1 rings (SSSR count). The molecule has 12 heavy (non-hydrogen) atoms. The number of halogens is 3. The van der Waals surface area contributed by atoms with Gasteiger partial charge in [0, 0.05) is 22.0 Å². The summed E-state index contributed by atoms with van der Waals surface area (Å²) in [7, 11) is 0. The molecule has 0 radical (unpaired) electrons. The van der Waals surface area contributed by atoms with Gasteiger partial charge in [-0.3, -0.25) is 0 Å². The van der Waals surface area contributed by atoms with E-state index >= 15 is 0 Å². The lowest BCUT2D eigenvalue weighted by Gasteiger charge is -2.09. The van der Waals surface area contributed by atoms with E-state index in [1.807, 2.05) is 0 Å². The molecule has 0 aliphatic rings. The Morgan fingerprint density at radius 1 is 1.33 bits per heavy atom. The Bertz CT molecular complexity index is 275. The maximum absolute atomic E-state index is 5.88. The van der Waals surface area contributed by atoms with Gasteiger partial charge in [-0.15, -0.1) is 11.6 Å². The predicted octanol–water partition coefficient (Wildman–Crippen LogP) is 3.23. The van der Waals surface area contributed by atoms with E-state index in [9.17, 15) is 0 Å². The van der Waals surface area contributed by atoms with Crippen molar-refractivity contribution in [3.63, 3.8) is 0 Å². The molecule has 1 aromatic carbocycles. The molecular formula is C8H8Cl3N. The lowest BCUT2D eigenvalue weighted by molar-refractivity contribution is 0.827. The Hall–Kier alpha value is 0.0500. The van der Waals surface area contributed by atoms with Crippen molar-refractivity contribution < 1.29 is 0 Å². The van der Waals surface area contributed by atoms with Crippen LogP contribution >= 0.6 is 34.8 Å². The van der Waals surface area contributed by atoms with Crippen LogP contribution < -0.4 is 5.73 Å². The topological polar surface area (TPSA) is 26.0 Å². The van der Waals surface area contributed by atoms with Gasteiger partial charge in [0.2, 0.25) is 0 Å². The molecule has 0 saturated heterocycles. The van der Waals surface area contributed by atoms with Crippen LogP contribution in [0.25, 0.3) is 0 Å². The molecule has 0 spiro atoms. The van der Waals surface area contributed by atoms with E-state index in [-0.39, 0.29) is 6.04 Å². The van der Waals surface area contributed by atoms with Gasteiger partial charge in [-0.2, -0.15) is 0 Å². The number of rotatable bonds is 2. The van der Waals surface area contributed by atoms with Crippen LogP contribution in [0.1, 0.15) is 11.6 Å². The Morgan fingerprint density at radius 2 is 2.00 bits per heavy atom. The third-order valence-corrected chi connectivity index (χ3v) is 2.42. The van der Waals surface area contributed by atoms with Crippen LogP contribution in [0, 0.1) is 0 Å². The second kappa shape index (κ2) is 4.33. The lowest BCUT2D eigenvalue weighted by Crippen LogP contribution is -2.11. The molecule has 0 aromatic heterocycles. The van der Waals surface area contributed by atoms with Crippen LogP contribution in [0.5, 0.6) is 0 Å². The molecule has 4 heteroatoms. The Kier molecular flexibility index (Phi) is 3.66. The van der Waals surface area contributed by atoms with Crippen LogP contribution in [0.4, 0.5) is 0 Å². The minimum Gasteiger partial charge on any atom is -0.323 e. The third-order valence-electron chi connectivity index (χ3n) is 1.53. The summed E-state index contributed by atoms with van der Waals surface area (Å²) in [5.74, 6) is 0.349. The van der Waals surface area contributed by atoms with Crippen molar-refractivity contribution in [2.24, 2.45) is 5.73 Å². The molecule has 66 valence electrons. The average molecular weight is 225 g/mol. The summed E-state index contributed by atoms with van der Waals surface area (Å²) in [6.45, 7) is 0.